The van der Waals surface area contributed by atoms with Crippen LogP contribution in [0.25, 0.3) is 0 Å². The predicted octanol–water partition coefficient (Wildman–Crippen LogP) is 3.44. The van der Waals surface area contributed by atoms with Crippen molar-refractivity contribution in [2.45, 2.75) is 32.1 Å². The van der Waals surface area contributed by atoms with Crippen LogP contribution < -0.4 is 5.32 Å². The van der Waals surface area contributed by atoms with Gasteiger partial charge in [-0.25, -0.2) is 0 Å². The summed E-state index contributed by atoms with van der Waals surface area (Å²) in [6.45, 7) is 7.38. The molecule has 1 aliphatic heterocycles. The monoisotopic (exact) mass is 511 g/mol. The average molecular weight is 511 g/mol. The van der Waals surface area contributed by atoms with Gasteiger partial charge in [0.15, 0.2) is 5.96 Å². The number of guanidine groups is 1. The van der Waals surface area contributed by atoms with E-state index >= 15 is 0 Å². The molecule has 1 atom stereocenters. The second-order valence-corrected chi connectivity index (χ2v) is 7.32. The lowest BCUT2D eigenvalue weighted by Crippen LogP contribution is -2.40. The summed E-state index contributed by atoms with van der Waals surface area (Å²) in [5.41, 5.74) is 2.65. The predicted molar refractivity (Wildman–Crippen MR) is 129 cm³/mol. The van der Waals surface area contributed by atoms with E-state index in [-0.39, 0.29) is 24.0 Å². The molecular weight excluding hydrogens is 477 g/mol. The highest BCUT2D eigenvalue weighted by atomic mass is 127. The van der Waals surface area contributed by atoms with Crippen molar-refractivity contribution in [3.63, 3.8) is 0 Å². The Hall–Kier alpha value is -1.61. The minimum absolute atomic E-state index is 0. The van der Waals surface area contributed by atoms with Crippen molar-refractivity contribution in [1.29, 1.82) is 0 Å². The van der Waals surface area contributed by atoms with Crippen LogP contribution in [0.2, 0.25) is 0 Å². The molecule has 0 bridgehead atoms. The summed E-state index contributed by atoms with van der Waals surface area (Å²) in [5, 5.41) is 7.75. The molecule has 2 aromatic rings. The molecule has 0 amide bonds. The average Bonchev–Trinajstić information content (AvgIpc) is 3.36. The number of rotatable bonds is 9. The number of aliphatic imine (C=N–C) groups is 1. The third-order valence-corrected chi connectivity index (χ3v) is 5.11. The molecule has 1 unspecified atom stereocenters. The third-order valence-electron chi connectivity index (χ3n) is 5.11. The van der Waals surface area contributed by atoms with Crippen molar-refractivity contribution in [3.8, 4) is 0 Å². The largest absolute Gasteiger partial charge is 0.381 e. The van der Waals surface area contributed by atoms with E-state index in [1.807, 2.05) is 24.0 Å². The van der Waals surface area contributed by atoms with E-state index in [1.54, 1.807) is 0 Å². The van der Waals surface area contributed by atoms with Crippen LogP contribution in [0, 0.1) is 0 Å². The quantitative estimate of drug-likeness (QED) is 0.243. The fourth-order valence-electron chi connectivity index (χ4n) is 3.59. The second kappa shape index (κ2) is 12.8. The van der Waals surface area contributed by atoms with Gasteiger partial charge in [0.2, 0.25) is 0 Å². The fourth-order valence-corrected chi connectivity index (χ4v) is 3.59. The number of nitrogens with zero attached hydrogens (tertiary/aromatic N) is 4. The molecule has 3 rings (SSSR count). The van der Waals surface area contributed by atoms with Crippen molar-refractivity contribution >= 4 is 29.9 Å². The highest BCUT2D eigenvalue weighted by Gasteiger charge is 2.26. The van der Waals surface area contributed by atoms with Gasteiger partial charge in [0.25, 0.3) is 0 Å². The minimum atomic E-state index is 0. The number of aryl methyl sites for hydroxylation is 1. The second-order valence-electron chi connectivity index (χ2n) is 7.32. The van der Waals surface area contributed by atoms with Gasteiger partial charge in [-0.2, -0.15) is 5.10 Å². The van der Waals surface area contributed by atoms with Crippen LogP contribution in [0.15, 0.2) is 47.7 Å². The van der Waals surface area contributed by atoms with Crippen molar-refractivity contribution in [2.24, 2.45) is 12.0 Å². The Morgan fingerprint density at radius 2 is 2.10 bits per heavy atom. The molecule has 1 aromatic heterocycles. The number of ether oxygens (including phenoxy) is 1. The minimum Gasteiger partial charge on any atom is -0.381 e. The number of nitrogens with one attached hydrogen (secondary N) is 1. The number of halogens is 1. The Bertz CT molecular complexity index is 734. The summed E-state index contributed by atoms with van der Waals surface area (Å²) in [6, 6.07) is 10.5. The summed E-state index contributed by atoms with van der Waals surface area (Å²) in [7, 11) is 1.98. The van der Waals surface area contributed by atoms with Gasteiger partial charge in [-0.1, -0.05) is 30.3 Å². The molecule has 6 nitrogen and oxygen atoms in total. The van der Waals surface area contributed by atoms with Crippen molar-refractivity contribution in [3.05, 3.63) is 53.9 Å². The number of aromatic nitrogens is 2. The van der Waals surface area contributed by atoms with Gasteiger partial charge in [0.1, 0.15) is 0 Å². The maximum Gasteiger partial charge on any atom is 0.193 e. The zero-order valence-corrected chi connectivity index (χ0v) is 19.9. The van der Waals surface area contributed by atoms with E-state index < -0.39 is 0 Å². The van der Waals surface area contributed by atoms with E-state index in [4.69, 9.17) is 9.73 Å². The van der Waals surface area contributed by atoms with Crippen LogP contribution in [0.1, 0.15) is 36.8 Å². The Kier molecular flexibility index (Phi) is 10.5. The van der Waals surface area contributed by atoms with E-state index in [2.05, 4.69) is 52.7 Å². The Labute approximate surface area is 191 Å². The van der Waals surface area contributed by atoms with Crippen LogP contribution >= 0.6 is 24.0 Å². The first-order valence-electron chi connectivity index (χ1n) is 10.4. The molecule has 1 fully saturated rings. The van der Waals surface area contributed by atoms with Gasteiger partial charge in [-0.05, 0) is 37.3 Å². The Morgan fingerprint density at radius 3 is 2.83 bits per heavy atom. The number of likely N-dealkylation sites (tertiary alicyclic amines) is 1. The van der Waals surface area contributed by atoms with Crippen LogP contribution in [0.3, 0.4) is 0 Å². The highest BCUT2D eigenvalue weighted by molar-refractivity contribution is 14.0. The smallest absolute Gasteiger partial charge is 0.193 e. The number of hydrogen-bond donors (Lipinski definition) is 1. The highest BCUT2D eigenvalue weighted by Crippen LogP contribution is 2.26. The standard InChI is InChI=1S/C22H33N5O.HI/c1-3-23-22(27-13-10-20(18-27)21-16-25-26(2)17-21)24-12-7-14-28-15-11-19-8-5-4-6-9-19;/h4-6,8-9,16-17,20H,3,7,10-15,18H2,1-2H3,(H,23,24);1H. The van der Waals surface area contributed by atoms with E-state index in [0.29, 0.717) is 5.92 Å². The van der Waals surface area contributed by atoms with Crippen LogP contribution in [-0.2, 0) is 18.2 Å². The van der Waals surface area contributed by atoms with Crippen molar-refractivity contribution in [2.75, 3.05) is 39.4 Å². The summed E-state index contributed by atoms with van der Waals surface area (Å²) in [5.74, 6) is 1.57. The molecule has 7 heteroatoms. The lowest BCUT2D eigenvalue weighted by atomic mass is 10.0. The van der Waals surface area contributed by atoms with Gasteiger partial charge in [0.05, 0.1) is 12.8 Å². The molecule has 1 saturated heterocycles. The molecule has 0 spiro atoms. The van der Waals surface area contributed by atoms with Gasteiger partial charge in [0, 0.05) is 51.9 Å². The fraction of sp³-hybridized carbons (Fsp3) is 0.545. The SMILES string of the molecule is CCNC(=NCCCOCCc1ccccc1)N1CCC(c2cnn(C)c2)C1.I. The zero-order valence-electron chi connectivity index (χ0n) is 17.6. The van der Waals surface area contributed by atoms with Gasteiger partial charge >= 0.3 is 0 Å². The first-order chi connectivity index (χ1) is 13.8. The molecule has 1 N–H and O–H groups in total. The molecule has 0 radical (unpaired) electrons. The third kappa shape index (κ3) is 7.62. The number of benzene rings is 1. The van der Waals surface area contributed by atoms with Crippen LogP contribution in [-0.4, -0.2) is 60.0 Å². The molecule has 1 aliphatic rings. The van der Waals surface area contributed by atoms with Crippen LogP contribution in [0.5, 0.6) is 0 Å². The molecule has 1 aromatic carbocycles. The summed E-state index contributed by atoms with van der Waals surface area (Å²) in [4.78, 5) is 7.19. The summed E-state index contributed by atoms with van der Waals surface area (Å²) in [6.07, 6.45) is 7.19. The zero-order chi connectivity index (χ0) is 19.6. The van der Waals surface area contributed by atoms with Crippen molar-refractivity contribution in [1.82, 2.24) is 20.0 Å². The van der Waals surface area contributed by atoms with E-state index in [9.17, 15) is 0 Å². The van der Waals surface area contributed by atoms with Crippen LogP contribution in [0.4, 0.5) is 0 Å². The van der Waals surface area contributed by atoms with E-state index in [1.165, 1.54) is 11.1 Å². The normalized spacial score (nSPS) is 16.7. The van der Waals surface area contributed by atoms with E-state index in [0.717, 1.165) is 64.6 Å². The molecule has 2 heterocycles. The summed E-state index contributed by atoms with van der Waals surface area (Å²) < 4.78 is 7.65. The van der Waals surface area contributed by atoms with Gasteiger partial charge < -0.3 is 15.0 Å². The lowest BCUT2D eigenvalue weighted by Gasteiger charge is -2.21. The summed E-state index contributed by atoms with van der Waals surface area (Å²) >= 11 is 0. The first-order valence-corrected chi connectivity index (χ1v) is 10.4. The molecule has 0 saturated carbocycles. The van der Waals surface area contributed by atoms with Gasteiger partial charge in [-0.3, -0.25) is 9.67 Å². The van der Waals surface area contributed by atoms with Gasteiger partial charge in [-0.15, -0.1) is 24.0 Å². The lowest BCUT2D eigenvalue weighted by molar-refractivity contribution is 0.136. The molecular formula is C22H34IN5O. The molecule has 0 aliphatic carbocycles. The maximum absolute atomic E-state index is 5.77. The number of hydrogen-bond acceptors (Lipinski definition) is 3. The topological polar surface area (TPSA) is 54.7 Å². The molecule has 29 heavy (non-hydrogen) atoms. The maximum atomic E-state index is 5.77. The molecule has 160 valence electrons. The Balaban J connectivity index is 0.00000300. The van der Waals surface area contributed by atoms with Crippen molar-refractivity contribution < 1.29 is 4.74 Å². The Morgan fingerprint density at radius 1 is 1.28 bits per heavy atom. The first kappa shape index (κ1) is 23.7.